The molecule has 1 atom stereocenters. The van der Waals surface area contributed by atoms with Gasteiger partial charge in [-0.15, -0.1) is 24.2 Å². The first-order valence-electron chi connectivity index (χ1n) is 6.63. The molecule has 5 heteroatoms. The third-order valence-electron chi connectivity index (χ3n) is 3.34. The molecular weight excluding hydrogens is 280 g/mol. The Morgan fingerprint density at radius 1 is 1.26 bits per heavy atom. The largest absolute Gasteiger partial charge is 0.394 e. The lowest BCUT2D eigenvalue weighted by Crippen LogP contribution is -2.46. The van der Waals surface area contributed by atoms with Crippen LogP contribution >= 0.6 is 24.2 Å². The fourth-order valence-corrected chi connectivity index (χ4v) is 3.04. The Labute approximate surface area is 126 Å². The Morgan fingerprint density at radius 3 is 2.42 bits per heavy atom. The monoisotopic (exact) mass is 302 g/mol. The minimum atomic E-state index is 0. The Kier molecular flexibility index (Phi) is 7.80. The van der Waals surface area contributed by atoms with Gasteiger partial charge in [-0.25, -0.2) is 0 Å². The van der Waals surface area contributed by atoms with Crippen LogP contribution in [-0.2, 0) is 0 Å². The molecule has 1 aliphatic heterocycles. The van der Waals surface area contributed by atoms with E-state index in [1.165, 1.54) is 10.5 Å². The van der Waals surface area contributed by atoms with E-state index < -0.39 is 0 Å². The summed E-state index contributed by atoms with van der Waals surface area (Å²) in [4.78, 5) is 3.66. The Hall–Kier alpha value is -0.260. The van der Waals surface area contributed by atoms with Crippen molar-refractivity contribution in [2.75, 3.05) is 38.5 Å². The molecule has 3 nitrogen and oxygen atoms in total. The number of benzene rings is 1. The van der Waals surface area contributed by atoms with Crippen LogP contribution in [0.25, 0.3) is 0 Å². The molecule has 1 aromatic carbocycles. The van der Waals surface area contributed by atoms with E-state index >= 15 is 0 Å². The number of halogens is 1. The standard InChI is InChI=1S/C14H22N2OS.ClH/c1-2-18-13-5-3-12(4-6-13)14(11-17)16-9-7-15-8-10-16;/h3-6,14-15,17H,2,7-11H2,1H3;1H/t14-;/m1./s1. The minimum absolute atomic E-state index is 0. The van der Waals surface area contributed by atoms with E-state index in [0.29, 0.717) is 0 Å². The first-order chi connectivity index (χ1) is 8.85. The molecule has 0 bridgehead atoms. The van der Waals surface area contributed by atoms with Crippen LogP contribution in [0.15, 0.2) is 29.2 Å². The number of hydrogen-bond acceptors (Lipinski definition) is 4. The molecule has 1 fully saturated rings. The zero-order valence-electron chi connectivity index (χ0n) is 11.3. The number of nitrogens with zero attached hydrogens (tertiary/aromatic N) is 1. The van der Waals surface area contributed by atoms with Crippen LogP contribution in [0.2, 0.25) is 0 Å². The zero-order chi connectivity index (χ0) is 12.8. The lowest BCUT2D eigenvalue weighted by molar-refractivity contribution is 0.111. The molecule has 0 saturated carbocycles. The molecule has 108 valence electrons. The van der Waals surface area contributed by atoms with Crippen molar-refractivity contribution < 1.29 is 5.11 Å². The summed E-state index contributed by atoms with van der Waals surface area (Å²) in [6, 6.07) is 8.78. The topological polar surface area (TPSA) is 35.5 Å². The minimum Gasteiger partial charge on any atom is -0.394 e. The molecule has 0 radical (unpaired) electrons. The third-order valence-corrected chi connectivity index (χ3v) is 4.24. The summed E-state index contributed by atoms with van der Waals surface area (Å²) in [5, 5.41) is 13.0. The van der Waals surface area contributed by atoms with E-state index in [1.54, 1.807) is 0 Å². The summed E-state index contributed by atoms with van der Waals surface area (Å²) in [7, 11) is 0. The van der Waals surface area contributed by atoms with Gasteiger partial charge in [0.2, 0.25) is 0 Å². The van der Waals surface area contributed by atoms with Gasteiger partial charge in [-0.1, -0.05) is 19.1 Å². The predicted molar refractivity (Wildman–Crippen MR) is 84.4 cm³/mol. The second kappa shape index (κ2) is 8.82. The number of hydrogen-bond donors (Lipinski definition) is 2. The smallest absolute Gasteiger partial charge is 0.0628 e. The van der Waals surface area contributed by atoms with Gasteiger partial charge in [0, 0.05) is 31.1 Å². The summed E-state index contributed by atoms with van der Waals surface area (Å²) >= 11 is 1.85. The van der Waals surface area contributed by atoms with Crippen LogP contribution in [-0.4, -0.2) is 48.5 Å². The third kappa shape index (κ3) is 4.65. The van der Waals surface area contributed by atoms with Crippen molar-refractivity contribution in [3.63, 3.8) is 0 Å². The quantitative estimate of drug-likeness (QED) is 0.817. The van der Waals surface area contributed by atoms with E-state index in [9.17, 15) is 5.11 Å². The molecular formula is C14H23ClN2OS. The maximum Gasteiger partial charge on any atom is 0.0628 e. The van der Waals surface area contributed by atoms with Crippen molar-refractivity contribution in [2.24, 2.45) is 0 Å². The molecule has 2 N–H and O–H groups in total. The van der Waals surface area contributed by atoms with Crippen molar-refractivity contribution >= 4 is 24.2 Å². The summed E-state index contributed by atoms with van der Waals surface area (Å²) in [6.45, 7) is 6.41. The van der Waals surface area contributed by atoms with Crippen LogP contribution in [0.5, 0.6) is 0 Å². The van der Waals surface area contributed by atoms with Gasteiger partial charge in [-0.05, 0) is 23.4 Å². The number of nitrogens with one attached hydrogen (secondary N) is 1. The van der Waals surface area contributed by atoms with Gasteiger partial charge < -0.3 is 10.4 Å². The van der Waals surface area contributed by atoms with Gasteiger partial charge in [0.15, 0.2) is 0 Å². The van der Waals surface area contributed by atoms with E-state index in [4.69, 9.17) is 0 Å². The molecule has 1 aliphatic rings. The maximum atomic E-state index is 9.64. The first-order valence-corrected chi connectivity index (χ1v) is 7.62. The van der Waals surface area contributed by atoms with Gasteiger partial charge in [0.05, 0.1) is 12.6 Å². The fraction of sp³-hybridized carbons (Fsp3) is 0.571. The lowest BCUT2D eigenvalue weighted by Gasteiger charge is -2.34. The van der Waals surface area contributed by atoms with Gasteiger partial charge in [-0.2, -0.15) is 0 Å². The average molecular weight is 303 g/mol. The average Bonchev–Trinajstić information content (AvgIpc) is 2.43. The molecule has 0 aromatic heterocycles. The van der Waals surface area contributed by atoms with Crippen LogP contribution in [0.3, 0.4) is 0 Å². The van der Waals surface area contributed by atoms with E-state index in [1.807, 2.05) is 11.8 Å². The normalized spacial score (nSPS) is 17.8. The fourth-order valence-electron chi connectivity index (χ4n) is 2.38. The molecule has 19 heavy (non-hydrogen) atoms. The van der Waals surface area contributed by atoms with E-state index in [0.717, 1.165) is 31.9 Å². The summed E-state index contributed by atoms with van der Waals surface area (Å²) in [6.07, 6.45) is 0. The molecule has 1 aromatic rings. The highest BCUT2D eigenvalue weighted by Gasteiger charge is 2.21. The maximum absolute atomic E-state index is 9.64. The van der Waals surface area contributed by atoms with E-state index in [-0.39, 0.29) is 25.1 Å². The highest BCUT2D eigenvalue weighted by Crippen LogP contribution is 2.24. The predicted octanol–water partition coefficient (Wildman–Crippen LogP) is 2.16. The van der Waals surface area contributed by atoms with Crippen molar-refractivity contribution in [3.05, 3.63) is 29.8 Å². The van der Waals surface area contributed by atoms with Crippen LogP contribution in [0.1, 0.15) is 18.5 Å². The molecule has 1 heterocycles. The molecule has 0 spiro atoms. The second-order valence-corrected chi connectivity index (χ2v) is 5.82. The molecule has 2 rings (SSSR count). The Morgan fingerprint density at radius 2 is 1.89 bits per heavy atom. The molecule has 0 aliphatic carbocycles. The number of aliphatic hydroxyl groups excluding tert-OH is 1. The van der Waals surface area contributed by atoms with Crippen molar-refractivity contribution in [3.8, 4) is 0 Å². The first kappa shape index (κ1) is 16.8. The number of piperazine rings is 1. The number of aliphatic hydroxyl groups is 1. The van der Waals surface area contributed by atoms with Crippen LogP contribution in [0.4, 0.5) is 0 Å². The van der Waals surface area contributed by atoms with Crippen molar-refractivity contribution in [1.82, 2.24) is 10.2 Å². The summed E-state index contributed by atoms with van der Waals surface area (Å²) in [5.41, 5.74) is 1.22. The molecule has 0 amide bonds. The zero-order valence-corrected chi connectivity index (χ0v) is 13.0. The summed E-state index contributed by atoms with van der Waals surface area (Å²) in [5.74, 6) is 1.10. The van der Waals surface area contributed by atoms with Gasteiger partial charge >= 0.3 is 0 Å². The highest BCUT2D eigenvalue weighted by molar-refractivity contribution is 7.99. The number of rotatable bonds is 5. The highest BCUT2D eigenvalue weighted by atomic mass is 35.5. The second-order valence-electron chi connectivity index (χ2n) is 4.49. The van der Waals surface area contributed by atoms with E-state index in [2.05, 4.69) is 41.4 Å². The van der Waals surface area contributed by atoms with Crippen molar-refractivity contribution in [1.29, 1.82) is 0 Å². The molecule has 1 saturated heterocycles. The Balaban J connectivity index is 0.00000180. The number of thioether (sulfide) groups is 1. The summed E-state index contributed by atoms with van der Waals surface area (Å²) < 4.78 is 0. The van der Waals surface area contributed by atoms with Crippen molar-refractivity contribution in [2.45, 2.75) is 17.9 Å². The molecule has 0 unspecified atom stereocenters. The SMILES string of the molecule is CCSc1ccc([C@@H](CO)N2CCNCC2)cc1.Cl. The van der Waals surface area contributed by atoms with Crippen LogP contribution in [0, 0.1) is 0 Å². The Bertz CT molecular complexity index is 355. The van der Waals surface area contributed by atoms with Crippen LogP contribution < -0.4 is 5.32 Å². The van der Waals surface area contributed by atoms with Gasteiger partial charge in [0.25, 0.3) is 0 Å². The van der Waals surface area contributed by atoms with Gasteiger partial charge in [-0.3, -0.25) is 4.90 Å². The lowest BCUT2D eigenvalue weighted by atomic mass is 10.1. The van der Waals surface area contributed by atoms with Gasteiger partial charge in [0.1, 0.15) is 0 Å².